The van der Waals surface area contributed by atoms with Gasteiger partial charge in [0.25, 0.3) is 0 Å². The number of anilines is 1. The second-order valence-corrected chi connectivity index (χ2v) is 15.9. The lowest BCUT2D eigenvalue weighted by Gasteiger charge is -2.24. The third kappa shape index (κ3) is 14.2. The molecule has 1 saturated heterocycles. The Labute approximate surface area is 325 Å². The molecule has 14 nitrogen and oxygen atoms in total. The maximum Gasteiger partial charge on any atom is 0.472 e. The quantitative estimate of drug-likeness (QED) is 0.0408. The van der Waals surface area contributed by atoms with Crippen molar-refractivity contribution in [3.63, 3.8) is 0 Å². The van der Waals surface area contributed by atoms with Gasteiger partial charge in [-0.3, -0.25) is 9.05 Å². The summed E-state index contributed by atoms with van der Waals surface area (Å²) in [5.41, 5.74) is 5.28. The number of nitriles is 1. The number of nitrogen functional groups attached to an aromatic ring is 1. The van der Waals surface area contributed by atoms with Crippen LogP contribution in [-0.2, 0) is 40.0 Å². The summed E-state index contributed by atoms with van der Waals surface area (Å²) in [4.78, 5) is 14.5. The molecule has 0 radical (unpaired) electrons. The monoisotopic (exact) mass is 787 g/mol. The Morgan fingerprint density at radius 1 is 0.927 bits per heavy atom. The summed E-state index contributed by atoms with van der Waals surface area (Å²) in [6.45, 7) is 3.46. The molecule has 6 atom stereocenters. The average Bonchev–Trinajstić information content (AvgIpc) is 3.74. The minimum absolute atomic E-state index is 0.102. The van der Waals surface area contributed by atoms with Gasteiger partial charge >= 0.3 is 7.82 Å². The number of aliphatic hydroxyl groups is 2. The maximum atomic E-state index is 13.0. The van der Waals surface area contributed by atoms with E-state index in [9.17, 15) is 24.9 Å². The molecule has 1 aliphatic rings. The van der Waals surface area contributed by atoms with Gasteiger partial charge in [0.2, 0.25) is 5.60 Å². The number of aliphatic hydroxyl groups excluding tert-OH is 2. The number of fused-ring (bicyclic) bond motifs is 1. The highest BCUT2D eigenvalue weighted by Gasteiger charge is 2.58. The van der Waals surface area contributed by atoms with Crippen LogP contribution in [0.3, 0.4) is 0 Å². The molecule has 0 saturated carbocycles. The fraction of sp³-hybridized carbons (Fsp3) is 0.675. The van der Waals surface area contributed by atoms with Gasteiger partial charge in [0.05, 0.1) is 31.6 Å². The topological polar surface area (TPSA) is 204 Å². The Balaban J connectivity index is 1.15. The van der Waals surface area contributed by atoms with E-state index < -0.39 is 44.4 Å². The number of nitrogens with zero attached hydrogens (tertiary/aromatic N) is 4. The van der Waals surface area contributed by atoms with Crippen molar-refractivity contribution >= 4 is 19.2 Å². The number of rotatable bonds is 29. The van der Waals surface area contributed by atoms with Gasteiger partial charge in [0.1, 0.15) is 36.2 Å². The van der Waals surface area contributed by atoms with Crippen molar-refractivity contribution in [2.24, 2.45) is 0 Å². The number of phosphoric ester groups is 1. The Kier molecular flexibility index (Phi) is 19.5. The number of hydrogen-bond donors (Lipinski definition) is 4. The molecule has 0 bridgehead atoms. The van der Waals surface area contributed by atoms with Crippen molar-refractivity contribution in [3.8, 4) is 6.07 Å². The highest BCUT2D eigenvalue weighted by atomic mass is 31.2. The SMILES string of the molecule is CCCCCCCCCOCCCCCCCCCCC(COP(=O)(O)OC[C@H]1O[C@@](C#N)(c2ccc3c(N)ncnn23)[C@@H](O)C1O)OCc1ccccc1. The minimum Gasteiger partial charge on any atom is -0.387 e. The number of unbranched alkanes of at least 4 members (excludes halogenated alkanes) is 13. The van der Waals surface area contributed by atoms with Gasteiger partial charge in [-0.15, -0.1) is 0 Å². The van der Waals surface area contributed by atoms with Crippen molar-refractivity contribution in [1.29, 1.82) is 5.26 Å². The first-order chi connectivity index (χ1) is 26.7. The van der Waals surface area contributed by atoms with Gasteiger partial charge in [-0.05, 0) is 37.0 Å². The largest absolute Gasteiger partial charge is 0.472 e. The first-order valence-corrected chi connectivity index (χ1v) is 21.6. The molecule has 55 heavy (non-hydrogen) atoms. The molecular formula is C40H62N5O9P. The number of ether oxygens (including phenoxy) is 3. The Hall–Kier alpha value is -2.96. The normalized spacial score (nSPS) is 21.5. The van der Waals surface area contributed by atoms with E-state index in [-0.39, 0.29) is 18.1 Å². The molecule has 1 aromatic carbocycles. The molecule has 2 aromatic heterocycles. The van der Waals surface area contributed by atoms with Crippen LogP contribution in [0.4, 0.5) is 5.82 Å². The highest BCUT2D eigenvalue weighted by Crippen LogP contribution is 2.46. The van der Waals surface area contributed by atoms with Crippen LogP contribution in [0.5, 0.6) is 0 Å². The molecule has 4 rings (SSSR count). The second kappa shape index (κ2) is 24.0. The number of hydrogen-bond acceptors (Lipinski definition) is 12. The summed E-state index contributed by atoms with van der Waals surface area (Å²) in [6, 6.07) is 14.6. The van der Waals surface area contributed by atoms with E-state index in [2.05, 4.69) is 17.0 Å². The fourth-order valence-electron chi connectivity index (χ4n) is 6.84. The summed E-state index contributed by atoms with van der Waals surface area (Å²) in [5.74, 6) is 0.142. The first kappa shape index (κ1) is 44.8. The third-order valence-electron chi connectivity index (χ3n) is 10.1. The van der Waals surface area contributed by atoms with E-state index in [0.29, 0.717) is 18.5 Å². The van der Waals surface area contributed by atoms with E-state index in [0.717, 1.165) is 50.9 Å². The molecule has 1 aliphatic heterocycles. The highest BCUT2D eigenvalue weighted by molar-refractivity contribution is 7.47. The lowest BCUT2D eigenvalue weighted by molar-refractivity contribution is -0.0658. The van der Waals surface area contributed by atoms with Crippen LogP contribution in [0.1, 0.15) is 121 Å². The van der Waals surface area contributed by atoms with E-state index in [1.807, 2.05) is 36.4 Å². The molecule has 0 spiro atoms. The third-order valence-corrected chi connectivity index (χ3v) is 11.0. The van der Waals surface area contributed by atoms with Crippen molar-refractivity contribution in [1.82, 2.24) is 14.6 Å². The molecule has 1 fully saturated rings. The van der Waals surface area contributed by atoms with Gasteiger partial charge in [-0.2, -0.15) is 10.4 Å². The second-order valence-electron chi connectivity index (χ2n) is 14.4. The number of phosphoric acid groups is 1. The van der Waals surface area contributed by atoms with Crippen LogP contribution >= 0.6 is 7.82 Å². The Morgan fingerprint density at radius 3 is 2.22 bits per heavy atom. The van der Waals surface area contributed by atoms with Crippen LogP contribution in [0.15, 0.2) is 48.8 Å². The number of aromatic nitrogens is 3. The van der Waals surface area contributed by atoms with Crippen molar-refractivity contribution in [2.45, 2.75) is 146 Å². The Bertz CT molecular complexity index is 1610. The molecule has 3 heterocycles. The van der Waals surface area contributed by atoms with Crippen molar-refractivity contribution in [2.75, 3.05) is 32.2 Å². The zero-order valence-electron chi connectivity index (χ0n) is 32.4. The van der Waals surface area contributed by atoms with Crippen LogP contribution in [-0.4, -0.2) is 80.5 Å². The first-order valence-electron chi connectivity index (χ1n) is 20.1. The summed E-state index contributed by atoms with van der Waals surface area (Å²) in [7, 11) is -4.66. The minimum atomic E-state index is -4.66. The van der Waals surface area contributed by atoms with Crippen LogP contribution in [0.25, 0.3) is 5.52 Å². The van der Waals surface area contributed by atoms with Gasteiger partial charge in [0.15, 0.2) is 5.82 Å². The molecule has 0 aliphatic carbocycles. The molecule has 3 unspecified atom stereocenters. The lowest BCUT2D eigenvalue weighted by Crippen LogP contribution is -2.41. The van der Waals surface area contributed by atoms with E-state index in [4.69, 9.17) is 29.0 Å². The predicted molar refractivity (Wildman–Crippen MR) is 209 cm³/mol. The summed E-state index contributed by atoms with van der Waals surface area (Å²) < 4.78 is 42.6. The zero-order chi connectivity index (χ0) is 39.4. The van der Waals surface area contributed by atoms with E-state index >= 15 is 0 Å². The smallest absolute Gasteiger partial charge is 0.387 e. The van der Waals surface area contributed by atoms with Crippen LogP contribution in [0, 0.1) is 11.3 Å². The fourth-order valence-corrected chi connectivity index (χ4v) is 7.60. The standard InChI is InChI=1S/C40H62N5O9P/c1-2-3-4-5-9-12-18-25-50-26-19-13-10-7-6-8-11-17-22-33(51-27-32-20-15-14-16-21-32)28-52-55(48,49)53-29-35-37(46)38(47)40(30-41,54-35)36-24-23-34-39(42)43-31-44-45(34)36/h14-16,20-21,23-24,31,33,35,37-38,46-47H,2-13,17-19,22,25-29H2,1H3,(H,48,49)(H2,42,43,44)/t33?,35-,37?,38+,40+/m1/s1. The molecule has 306 valence electrons. The summed E-state index contributed by atoms with van der Waals surface area (Å²) in [6.07, 6.45) is 14.6. The summed E-state index contributed by atoms with van der Waals surface area (Å²) in [5, 5.41) is 36.0. The number of nitrogens with two attached hydrogens (primary N) is 1. The van der Waals surface area contributed by atoms with Gasteiger partial charge < -0.3 is 35.1 Å². The molecule has 3 aromatic rings. The average molecular weight is 788 g/mol. The Morgan fingerprint density at radius 2 is 1.56 bits per heavy atom. The maximum absolute atomic E-state index is 13.0. The number of benzene rings is 1. The van der Waals surface area contributed by atoms with Crippen molar-refractivity contribution in [3.05, 3.63) is 60.0 Å². The van der Waals surface area contributed by atoms with Crippen LogP contribution < -0.4 is 5.73 Å². The van der Waals surface area contributed by atoms with Gasteiger partial charge in [-0.1, -0.05) is 121 Å². The zero-order valence-corrected chi connectivity index (χ0v) is 33.3. The molecule has 5 N–H and O–H groups in total. The molecule has 0 amide bonds. The van der Waals surface area contributed by atoms with Crippen molar-refractivity contribution < 1.29 is 42.9 Å². The molecular weight excluding hydrogens is 725 g/mol. The predicted octanol–water partition coefficient (Wildman–Crippen LogP) is 7.15. The molecule has 15 heteroatoms. The van der Waals surface area contributed by atoms with Gasteiger partial charge in [0, 0.05) is 13.2 Å². The summed E-state index contributed by atoms with van der Waals surface area (Å²) >= 11 is 0. The van der Waals surface area contributed by atoms with E-state index in [1.54, 1.807) is 6.07 Å². The lowest BCUT2D eigenvalue weighted by atomic mass is 9.92. The van der Waals surface area contributed by atoms with E-state index in [1.165, 1.54) is 81.1 Å². The van der Waals surface area contributed by atoms with Crippen LogP contribution in [0.2, 0.25) is 0 Å². The van der Waals surface area contributed by atoms with Gasteiger partial charge in [-0.25, -0.2) is 14.1 Å².